The van der Waals surface area contributed by atoms with E-state index >= 15 is 0 Å². The third kappa shape index (κ3) is 2.73. The van der Waals surface area contributed by atoms with Crippen LogP contribution >= 0.6 is 0 Å². The van der Waals surface area contributed by atoms with Gasteiger partial charge < -0.3 is 9.84 Å². The van der Waals surface area contributed by atoms with Crippen LogP contribution in [0.5, 0.6) is 0 Å². The van der Waals surface area contributed by atoms with Crippen molar-refractivity contribution in [3.05, 3.63) is 35.4 Å². The van der Waals surface area contributed by atoms with Crippen molar-refractivity contribution in [2.75, 3.05) is 13.2 Å². The summed E-state index contributed by atoms with van der Waals surface area (Å²) in [7, 11) is 0. The van der Waals surface area contributed by atoms with Crippen molar-refractivity contribution >= 4 is 0 Å². The molecule has 0 amide bonds. The zero-order chi connectivity index (χ0) is 11.5. The van der Waals surface area contributed by atoms with E-state index in [1.165, 1.54) is 19.1 Å². The summed E-state index contributed by atoms with van der Waals surface area (Å²) in [6.07, 6.45) is 0. The molecular weight excluding hydrogens is 202 g/mol. The van der Waals surface area contributed by atoms with Crippen molar-refractivity contribution in [2.24, 2.45) is 0 Å². The van der Waals surface area contributed by atoms with Gasteiger partial charge in [-0.2, -0.15) is 0 Å². The van der Waals surface area contributed by atoms with Gasteiger partial charge in [-0.15, -0.1) is 0 Å². The first-order valence-corrected chi connectivity index (χ1v) is 4.73. The monoisotopic (exact) mass is 216 g/mol. The Hall–Kier alpha value is -1.00. The van der Waals surface area contributed by atoms with E-state index in [0.717, 1.165) is 6.07 Å². The molecular formula is C11H14F2O2. The van der Waals surface area contributed by atoms with Crippen LogP contribution in [0.25, 0.3) is 0 Å². The van der Waals surface area contributed by atoms with Crippen LogP contribution in [0.1, 0.15) is 19.4 Å². The van der Waals surface area contributed by atoms with Crippen molar-refractivity contribution in [2.45, 2.75) is 19.4 Å². The maximum Gasteiger partial charge on any atom is 0.164 e. The van der Waals surface area contributed by atoms with Gasteiger partial charge in [0.25, 0.3) is 0 Å². The molecule has 0 aliphatic carbocycles. The van der Waals surface area contributed by atoms with Gasteiger partial charge in [-0.05, 0) is 19.9 Å². The van der Waals surface area contributed by atoms with Crippen LogP contribution in [0.15, 0.2) is 18.2 Å². The maximum absolute atomic E-state index is 13.3. The fourth-order valence-corrected chi connectivity index (χ4v) is 1.30. The van der Waals surface area contributed by atoms with Crippen LogP contribution in [-0.2, 0) is 10.3 Å². The summed E-state index contributed by atoms with van der Waals surface area (Å²) < 4.78 is 31.2. The van der Waals surface area contributed by atoms with E-state index in [1.807, 2.05) is 0 Å². The SMILES string of the molecule is CCOCC(C)(O)c1cccc(F)c1F. The third-order valence-electron chi connectivity index (χ3n) is 2.12. The Balaban J connectivity index is 2.98. The van der Waals surface area contributed by atoms with Gasteiger partial charge >= 0.3 is 0 Å². The predicted octanol–water partition coefficient (Wildman–Crippen LogP) is 2.21. The van der Waals surface area contributed by atoms with E-state index in [1.54, 1.807) is 6.92 Å². The van der Waals surface area contributed by atoms with E-state index in [2.05, 4.69) is 0 Å². The standard InChI is InChI=1S/C11H14F2O2/c1-3-15-7-11(2,14)8-5-4-6-9(12)10(8)13/h4-6,14H,3,7H2,1-2H3. The van der Waals surface area contributed by atoms with Crippen molar-refractivity contribution < 1.29 is 18.6 Å². The molecule has 0 bridgehead atoms. The molecule has 0 aliphatic rings. The van der Waals surface area contributed by atoms with E-state index in [0.29, 0.717) is 6.61 Å². The molecule has 15 heavy (non-hydrogen) atoms. The second kappa shape index (κ2) is 4.68. The Morgan fingerprint density at radius 1 is 1.40 bits per heavy atom. The fraction of sp³-hybridized carbons (Fsp3) is 0.455. The third-order valence-corrected chi connectivity index (χ3v) is 2.12. The maximum atomic E-state index is 13.3. The smallest absolute Gasteiger partial charge is 0.164 e. The van der Waals surface area contributed by atoms with Gasteiger partial charge in [0.1, 0.15) is 5.60 Å². The van der Waals surface area contributed by atoms with Gasteiger partial charge in [0.15, 0.2) is 11.6 Å². The number of halogens is 2. The summed E-state index contributed by atoms with van der Waals surface area (Å²) in [6.45, 7) is 3.50. The molecule has 1 atom stereocenters. The molecule has 84 valence electrons. The molecule has 4 heteroatoms. The summed E-state index contributed by atoms with van der Waals surface area (Å²) in [5, 5.41) is 9.89. The number of rotatable bonds is 4. The predicted molar refractivity (Wildman–Crippen MR) is 52.4 cm³/mol. The van der Waals surface area contributed by atoms with Gasteiger partial charge in [0, 0.05) is 12.2 Å². The lowest BCUT2D eigenvalue weighted by Gasteiger charge is -2.23. The zero-order valence-corrected chi connectivity index (χ0v) is 8.76. The number of benzene rings is 1. The number of aliphatic hydroxyl groups is 1. The molecule has 0 aliphatic heterocycles. The van der Waals surface area contributed by atoms with E-state index in [-0.39, 0.29) is 12.2 Å². The van der Waals surface area contributed by atoms with Gasteiger partial charge in [-0.25, -0.2) is 8.78 Å². The van der Waals surface area contributed by atoms with Crippen molar-refractivity contribution in [3.8, 4) is 0 Å². The Bertz CT molecular complexity index is 337. The average Bonchev–Trinajstić information content (AvgIpc) is 2.19. The number of hydrogen-bond acceptors (Lipinski definition) is 2. The number of hydrogen-bond donors (Lipinski definition) is 1. The summed E-state index contributed by atoms with van der Waals surface area (Å²) in [6, 6.07) is 3.71. The molecule has 0 saturated heterocycles. The highest BCUT2D eigenvalue weighted by Crippen LogP contribution is 2.25. The number of ether oxygens (including phenoxy) is 1. The molecule has 0 spiro atoms. The normalized spacial score (nSPS) is 15.0. The Kier molecular flexibility index (Phi) is 3.77. The molecule has 1 aromatic carbocycles. The molecule has 0 heterocycles. The fourth-order valence-electron chi connectivity index (χ4n) is 1.30. The first-order chi connectivity index (χ1) is 6.99. The van der Waals surface area contributed by atoms with Crippen LogP contribution in [0, 0.1) is 11.6 Å². The van der Waals surface area contributed by atoms with Crippen LogP contribution in [0.3, 0.4) is 0 Å². The Morgan fingerprint density at radius 2 is 2.07 bits per heavy atom. The Labute approximate surface area is 87.5 Å². The highest BCUT2D eigenvalue weighted by molar-refractivity contribution is 5.24. The zero-order valence-electron chi connectivity index (χ0n) is 8.76. The minimum absolute atomic E-state index is 0.0656. The second-order valence-corrected chi connectivity index (χ2v) is 3.51. The summed E-state index contributed by atoms with van der Waals surface area (Å²) >= 11 is 0. The second-order valence-electron chi connectivity index (χ2n) is 3.51. The van der Waals surface area contributed by atoms with Crippen molar-refractivity contribution in [1.29, 1.82) is 0 Å². The molecule has 1 aromatic rings. The minimum atomic E-state index is -1.51. The van der Waals surface area contributed by atoms with Crippen LogP contribution in [0.2, 0.25) is 0 Å². The lowest BCUT2D eigenvalue weighted by molar-refractivity contribution is -0.0368. The lowest BCUT2D eigenvalue weighted by atomic mass is 9.96. The quantitative estimate of drug-likeness (QED) is 0.836. The molecule has 0 aromatic heterocycles. The first kappa shape index (κ1) is 12.1. The van der Waals surface area contributed by atoms with Crippen LogP contribution in [0.4, 0.5) is 8.78 Å². The first-order valence-electron chi connectivity index (χ1n) is 4.73. The Morgan fingerprint density at radius 3 is 2.67 bits per heavy atom. The largest absolute Gasteiger partial charge is 0.383 e. The van der Waals surface area contributed by atoms with Crippen molar-refractivity contribution in [3.63, 3.8) is 0 Å². The van der Waals surface area contributed by atoms with Crippen molar-refractivity contribution in [1.82, 2.24) is 0 Å². The summed E-state index contributed by atoms with van der Waals surface area (Å²) in [4.78, 5) is 0. The molecule has 1 N–H and O–H groups in total. The average molecular weight is 216 g/mol. The minimum Gasteiger partial charge on any atom is -0.383 e. The van der Waals surface area contributed by atoms with Gasteiger partial charge in [0.05, 0.1) is 6.61 Å². The molecule has 0 fully saturated rings. The van der Waals surface area contributed by atoms with Crippen LogP contribution < -0.4 is 0 Å². The lowest BCUT2D eigenvalue weighted by Crippen LogP contribution is -2.29. The topological polar surface area (TPSA) is 29.5 Å². The van der Waals surface area contributed by atoms with Gasteiger partial charge in [-0.3, -0.25) is 0 Å². The molecule has 0 saturated carbocycles. The highest BCUT2D eigenvalue weighted by Gasteiger charge is 2.28. The summed E-state index contributed by atoms with van der Waals surface area (Å²) in [5.74, 6) is -1.99. The summed E-state index contributed by atoms with van der Waals surface area (Å²) in [5.41, 5.74) is -1.60. The van der Waals surface area contributed by atoms with Crippen LogP contribution in [-0.4, -0.2) is 18.3 Å². The van der Waals surface area contributed by atoms with E-state index in [4.69, 9.17) is 4.74 Å². The molecule has 2 nitrogen and oxygen atoms in total. The highest BCUT2D eigenvalue weighted by atomic mass is 19.2. The van der Waals surface area contributed by atoms with E-state index in [9.17, 15) is 13.9 Å². The van der Waals surface area contributed by atoms with Gasteiger partial charge in [0.2, 0.25) is 0 Å². The van der Waals surface area contributed by atoms with Gasteiger partial charge in [-0.1, -0.05) is 12.1 Å². The molecule has 1 unspecified atom stereocenters. The molecule has 1 rings (SSSR count). The van der Waals surface area contributed by atoms with E-state index < -0.39 is 17.2 Å². The molecule has 0 radical (unpaired) electrons.